The van der Waals surface area contributed by atoms with Crippen LogP contribution >= 0.6 is 0 Å². The fourth-order valence-electron chi connectivity index (χ4n) is 2.09. The van der Waals surface area contributed by atoms with Crippen LogP contribution in [0.25, 0.3) is 16.8 Å². The molecule has 0 aliphatic heterocycles. The van der Waals surface area contributed by atoms with Crippen molar-refractivity contribution in [1.82, 2.24) is 19.6 Å². The second-order valence-electron chi connectivity index (χ2n) is 4.50. The zero-order valence-corrected chi connectivity index (χ0v) is 11.7. The van der Waals surface area contributed by atoms with E-state index in [9.17, 15) is 9.90 Å². The molecule has 0 saturated heterocycles. The Labute approximate surface area is 125 Å². The summed E-state index contributed by atoms with van der Waals surface area (Å²) in [6, 6.07) is 5.06. The van der Waals surface area contributed by atoms with E-state index in [1.165, 1.54) is 6.07 Å². The number of carboxylic acid groups (broad SMARTS) is 1. The summed E-state index contributed by atoms with van der Waals surface area (Å²) in [5.74, 6) is -0.814. The molecule has 8 nitrogen and oxygen atoms in total. The van der Waals surface area contributed by atoms with Crippen LogP contribution in [0, 0.1) is 0 Å². The summed E-state index contributed by atoms with van der Waals surface area (Å²) in [6.07, 6.45) is 3.26. The molecule has 0 aliphatic carbocycles. The number of carboxylic acids is 1. The van der Waals surface area contributed by atoms with Gasteiger partial charge in [0.05, 0.1) is 6.61 Å². The van der Waals surface area contributed by atoms with Crippen LogP contribution in [0.2, 0.25) is 0 Å². The van der Waals surface area contributed by atoms with Crippen molar-refractivity contribution in [2.75, 3.05) is 12.3 Å². The Balaban J connectivity index is 2.09. The van der Waals surface area contributed by atoms with E-state index in [-0.39, 0.29) is 17.4 Å². The third kappa shape index (κ3) is 2.41. The summed E-state index contributed by atoms with van der Waals surface area (Å²) in [4.78, 5) is 19.5. The molecule has 0 unspecified atom stereocenters. The zero-order valence-electron chi connectivity index (χ0n) is 11.7. The molecular formula is C14H13N5O3. The number of rotatable bonds is 4. The van der Waals surface area contributed by atoms with Gasteiger partial charge in [-0.25, -0.2) is 14.3 Å². The summed E-state index contributed by atoms with van der Waals surface area (Å²) in [7, 11) is 0. The van der Waals surface area contributed by atoms with Gasteiger partial charge in [0.25, 0.3) is 0 Å². The molecule has 0 bridgehead atoms. The first-order valence-electron chi connectivity index (χ1n) is 6.57. The van der Waals surface area contributed by atoms with Crippen LogP contribution in [0.3, 0.4) is 0 Å². The van der Waals surface area contributed by atoms with E-state index in [4.69, 9.17) is 10.5 Å². The van der Waals surface area contributed by atoms with Gasteiger partial charge in [-0.05, 0) is 30.7 Å². The molecule has 3 aromatic heterocycles. The van der Waals surface area contributed by atoms with E-state index < -0.39 is 5.97 Å². The summed E-state index contributed by atoms with van der Waals surface area (Å²) in [6.45, 7) is 2.11. The number of nitrogen functional groups attached to an aromatic ring is 1. The molecule has 112 valence electrons. The number of hydrogen-bond donors (Lipinski definition) is 2. The average Bonchev–Trinajstić information content (AvgIpc) is 2.86. The van der Waals surface area contributed by atoms with Gasteiger partial charge in [-0.15, -0.1) is 5.10 Å². The molecule has 3 aromatic rings. The van der Waals surface area contributed by atoms with E-state index in [2.05, 4.69) is 15.1 Å². The number of pyridine rings is 2. The minimum absolute atomic E-state index is 0.0141. The molecule has 0 spiro atoms. The first-order chi connectivity index (χ1) is 10.6. The largest absolute Gasteiger partial charge is 0.477 e. The van der Waals surface area contributed by atoms with E-state index in [1.807, 2.05) is 0 Å². The Kier molecular flexibility index (Phi) is 3.34. The fourth-order valence-corrected chi connectivity index (χ4v) is 2.09. The lowest BCUT2D eigenvalue weighted by molar-refractivity contribution is 0.0691. The average molecular weight is 299 g/mol. The number of aromatic nitrogens is 4. The molecule has 0 saturated carbocycles. The molecule has 0 aliphatic rings. The standard InChI is InChI=1S/C14H13N5O3/c1-2-22-12-10(13(20)21)5-9(7-16-12)8-3-4-19-11(6-8)17-14(15)18-19/h3-7H,2H2,1H3,(H2,15,18)(H,20,21). The summed E-state index contributed by atoms with van der Waals surface area (Å²) in [5.41, 5.74) is 7.54. The number of nitrogens with zero attached hydrogens (tertiary/aromatic N) is 4. The lowest BCUT2D eigenvalue weighted by Gasteiger charge is -2.08. The van der Waals surface area contributed by atoms with Crippen molar-refractivity contribution in [2.24, 2.45) is 0 Å². The third-order valence-electron chi connectivity index (χ3n) is 3.05. The van der Waals surface area contributed by atoms with Gasteiger partial charge in [-0.3, -0.25) is 0 Å². The van der Waals surface area contributed by atoms with E-state index >= 15 is 0 Å². The molecule has 3 rings (SSSR count). The van der Waals surface area contributed by atoms with Gasteiger partial charge in [0.1, 0.15) is 5.56 Å². The monoisotopic (exact) mass is 299 g/mol. The van der Waals surface area contributed by atoms with E-state index in [0.29, 0.717) is 17.8 Å². The summed E-state index contributed by atoms with van der Waals surface area (Å²) < 4.78 is 6.77. The lowest BCUT2D eigenvalue weighted by atomic mass is 10.1. The highest BCUT2D eigenvalue weighted by Gasteiger charge is 2.15. The Morgan fingerprint density at radius 2 is 2.23 bits per heavy atom. The van der Waals surface area contributed by atoms with Crippen LogP contribution < -0.4 is 10.5 Å². The molecule has 0 fully saturated rings. The second kappa shape index (κ2) is 5.32. The maximum absolute atomic E-state index is 11.3. The third-order valence-corrected chi connectivity index (χ3v) is 3.05. The van der Waals surface area contributed by atoms with Crippen LogP contribution in [-0.2, 0) is 0 Å². The molecule has 0 atom stereocenters. The first-order valence-corrected chi connectivity index (χ1v) is 6.57. The molecule has 8 heteroatoms. The van der Waals surface area contributed by atoms with E-state index in [1.54, 1.807) is 36.0 Å². The lowest BCUT2D eigenvalue weighted by Crippen LogP contribution is -2.05. The quantitative estimate of drug-likeness (QED) is 0.749. The number of fused-ring (bicyclic) bond motifs is 1. The number of carbonyl (C=O) groups is 1. The number of aromatic carboxylic acids is 1. The molecule has 22 heavy (non-hydrogen) atoms. The minimum atomic E-state index is -1.09. The zero-order chi connectivity index (χ0) is 15.7. The molecule has 0 aromatic carbocycles. The minimum Gasteiger partial charge on any atom is -0.477 e. The van der Waals surface area contributed by atoms with Crippen LogP contribution in [0.1, 0.15) is 17.3 Å². The second-order valence-corrected chi connectivity index (χ2v) is 4.50. The Bertz CT molecular complexity index is 859. The van der Waals surface area contributed by atoms with Crippen LogP contribution in [0.15, 0.2) is 30.6 Å². The Morgan fingerprint density at radius 1 is 1.41 bits per heavy atom. The molecular weight excluding hydrogens is 286 g/mol. The van der Waals surface area contributed by atoms with Crippen molar-refractivity contribution in [2.45, 2.75) is 6.92 Å². The Hall–Kier alpha value is -3.16. The van der Waals surface area contributed by atoms with Crippen molar-refractivity contribution in [3.05, 3.63) is 36.2 Å². The predicted octanol–water partition coefficient (Wildman–Crippen LogP) is 1.47. The molecule has 3 heterocycles. The van der Waals surface area contributed by atoms with Crippen molar-refractivity contribution in [1.29, 1.82) is 0 Å². The highest BCUT2D eigenvalue weighted by Crippen LogP contribution is 2.25. The molecule has 3 N–H and O–H groups in total. The van der Waals surface area contributed by atoms with Crippen molar-refractivity contribution in [3.63, 3.8) is 0 Å². The fraction of sp³-hybridized carbons (Fsp3) is 0.143. The molecule has 0 radical (unpaired) electrons. The van der Waals surface area contributed by atoms with Gasteiger partial charge in [-0.2, -0.15) is 4.98 Å². The van der Waals surface area contributed by atoms with E-state index in [0.717, 1.165) is 5.56 Å². The molecule has 0 amide bonds. The van der Waals surface area contributed by atoms with Crippen LogP contribution in [0.4, 0.5) is 5.95 Å². The predicted molar refractivity (Wildman–Crippen MR) is 78.8 cm³/mol. The van der Waals surface area contributed by atoms with Gasteiger partial charge >= 0.3 is 5.97 Å². The van der Waals surface area contributed by atoms with Gasteiger partial charge in [0.2, 0.25) is 11.8 Å². The summed E-state index contributed by atoms with van der Waals surface area (Å²) in [5, 5.41) is 13.3. The normalized spacial score (nSPS) is 10.8. The first kappa shape index (κ1) is 13.8. The maximum Gasteiger partial charge on any atom is 0.341 e. The highest BCUT2D eigenvalue weighted by atomic mass is 16.5. The number of nitrogens with two attached hydrogens (primary N) is 1. The van der Waals surface area contributed by atoms with Gasteiger partial charge in [0.15, 0.2) is 5.65 Å². The Morgan fingerprint density at radius 3 is 2.95 bits per heavy atom. The van der Waals surface area contributed by atoms with Gasteiger partial charge in [-0.1, -0.05) is 0 Å². The van der Waals surface area contributed by atoms with Crippen LogP contribution in [0.5, 0.6) is 5.88 Å². The number of ether oxygens (including phenoxy) is 1. The van der Waals surface area contributed by atoms with Crippen LogP contribution in [-0.4, -0.2) is 37.3 Å². The van der Waals surface area contributed by atoms with Gasteiger partial charge < -0.3 is 15.6 Å². The van der Waals surface area contributed by atoms with Crippen molar-refractivity contribution in [3.8, 4) is 17.0 Å². The van der Waals surface area contributed by atoms with Crippen molar-refractivity contribution >= 4 is 17.6 Å². The van der Waals surface area contributed by atoms with Crippen molar-refractivity contribution < 1.29 is 14.6 Å². The maximum atomic E-state index is 11.3. The topological polar surface area (TPSA) is 116 Å². The number of hydrogen-bond acceptors (Lipinski definition) is 6. The van der Waals surface area contributed by atoms with Gasteiger partial charge in [0, 0.05) is 18.0 Å². The summed E-state index contributed by atoms with van der Waals surface area (Å²) >= 11 is 0. The highest BCUT2D eigenvalue weighted by molar-refractivity contribution is 5.91. The number of anilines is 1. The SMILES string of the molecule is CCOc1ncc(-c2ccn3nc(N)nc3c2)cc1C(=O)O. The smallest absolute Gasteiger partial charge is 0.341 e.